The second-order valence-corrected chi connectivity index (χ2v) is 46.1. The maximum atomic E-state index is 13.0. The van der Waals surface area contributed by atoms with Crippen LogP contribution in [0.2, 0.25) is 0 Å². The molecule has 0 amide bonds. The first kappa shape index (κ1) is 104. The van der Waals surface area contributed by atoms with Gasteiger partial charge in [0.25, 0.3) is 0 Å². The van der Waals surface area contributed by atoms with Crippen LogP contribution >= 0.6 is 0 Å². The summed E-state index contributed by atoms with van der Waals surface area (Å²) >= 11 is 0. The zero-order chi connectivity index (χ0) is 95.8. The van der Waals surface area contributed by atoms with Crippen LogP contribution in [0.3, 0.4) is 0 Å². The van der Waals surface area contributed by atoms with E-state index >= 15 is 0 Å². The Morgan fingerprint density at radius 3 is 0.826 bits per heavy atom. The van der Waals surface area contributed by atoms with Crippen molar-refractivity contribution in [2.75, 3.05) is 54.0 Å². The Morgan fingerprint density at radius 2 is 0.545 bits per heavy atom. The fourth-order valence-corrected chi connectivity index (χ4v) is 28.8. The minimum atomic E-state index is -4.67. The summed E-state index contributed by atoms with van der Waals surface area (Å²) in [6.07, 6.45) is 20.9. The lowest BCUT2D eigenvalue weighted by molar-refractivity contribution is -0.242. The van der Waals surface area contributed by atoms with Gasteiger partial charge in [-0.15, -0.1) is 0 Å². The third-order valence-electron chi connectivity index (χ3n) is 36.6. The first-order valence-corrected chi connectivity index (χ1v) is 50.7. The van der Waals surface area contributed by atoms with Crippen molar-refractivity contribution in [2.45, 2.75) is 358 Å². The fraction of sp³-hybridized carbons (Fsp3) is 0.912. The van der Waals surface area contributed by atoms with E-state index in [4.69, 9.17) is 56.8 Å². The van der Waals surface area contributed by atoms with Gasteiger partial charge in [0, 0.05) is 35.5 Å². The summed E-state index contributed by atoms with van der Waals surface area (Å²) in [6.45, 7) is 20.2. The summed E-state index contributed by atoms with van der Waals surface area (Å²) in [5.41, 5.74) is -7.34. The first-order chi connectivity index (χ1) is 62.2. The lowest BCUT2D eigenvalue weighted by Crippen LogP contribution is -2.55. The van der Waals surface area contributed by atoms with E-state index in [9.17, 15) is 82.7 Å². The molecule has 0 spiro atoms. The molecule has 24 aliphatic rings. The standard InChI is InChI=1S/C18H27F3O3.C17H23F3O4.C17H25F3O3.C17H26O4.C17H28O3.C16H24O4/c1-3-16(2,18(19,20)21)15(22)24-11-23-10-17-7-12-4-13(8-17)6-14(5-12)9-17;1-3-16(2,17(18,19)20)15(22)24-8-23-14-11-5-9-4-10(7-11)13(21)12(14)6-9;1-3-16(2,17(18,19)20)15(21)23-9-22-14-12-5-10-4-11(7-12)8-13(14)6-10;1-4-17(2,3)16(19)21-9-20-15-12-6-10-5-11(8-12)14(18)13(15)7-10;1-3-12(2)16(18)20-11-19-10-17-7-13-4-14(8-17)6-15(5-13)9-17;1-3-9(2)16(18)20-8-19-15-12-5-10-4-11(7-12)14(17)13(15)6-10/h12-14H,3-11H2,1-2H3;9-12,14H,3-8H2,1-2H3;10-14H,3-9H2,1-2H3;10-13,15H,4-9H2,1-3H3;12-15H,3-11H2,1-2H3;9-13,15H,3-8H2,1-2H3. The van der Waals surface area contributed by atoms with Crippen LogP contribution in [0.15, 0.2) is 0 Å². The molecule has 24 fully saturated rings. The van der Waals surface area contributed by atoms with Crippen molar-refractivity contribution < 1.29 is 140 Å². The van der Waals surface area contributed by atoms with E-state index in [-0.39, 0.29) is 148 Å². The first-order valence-electron chi connectivity index (χ1n) is 50.7. The summed E-state index contributed by atoms with van der Waals surface area (Å²) in [7, 11) is 0. The van der Waals surface area contributed by atoms with Gasteiger partial charge < -0.3 is 56.8 Å². The van der Waals surface area contributed by atoms with Gasteiger partial charge in [0.05, 0.1) is 54.9 Å². The number of rotatable bonds is 32. The maximum absolute atomic E-state index is 13.0. The molecule has 24 rings (SSSR count). The molecule has 750 valence electrons. The zero-order valence-electron chi connectivity index (χ0n) is 80.5. The van der Waals surface area contributed by atoms with Crippen molar-refractivity contribution in [1.82, 2.24) is 0 Å². The van der Waals surface area contributed by atoms with Gasteiger partial charge in [-0.1, -0.05) is 55.4 Å². The van der Waals surface area contributed by atoms with Crippen molar-refractivity contribution in [3.05, 3.63) is 0 Å². The third-order valence-corrected chi connectivity index (χ3v) is 36.6. The molecule has 0 aromatic rings. The molecule has 20 atom stereocenters. The van der Waals surface area contributed by atoms with E-state index in [0.29, 0.717) is 59.1 Å². The summed E-state index contributed by atoms with van der Waals surface area (Å²) in [4.78, 5) is 108. The molecule has 132 heavy (non-hydrogen) atoms. The highest BCUT2D eigenvalue weighted by Gasteiger charge is 2.63. The van der Waals surface area contributed by atoms with Crippen molar-refractivity contribution in [1.29, 1.82) is 0 Å². The Hall–Kier alpha value is -5.04. The molecule has 0 aliphatic heterocycles. The maximum Gasteiger partial charge on any atom is 0.404 e. The van der Waals surface area contributed by atoms with E-state index in [2.05, 4.69) is 0 Å². The van der Waals surface area contributed by atoms with Crippen molar-refractivity contribution >= 4 is 53.2 Å². The third kappa shape index (κ3) is 23.2. The van der Waals surface area contributed by atoms with Gasteiger partial charge in [-0.2, -0.15) is 39.5 Å². The van der Waals surface area contributed by atoms with Crippen molar-refractivity contribution in [3.8, 4) is 0 Å². The number of carbonyl (C=O) groups is 9. The highest BCUT2D eigenvalue weighted by molar-refractivity contribution is 5.88. The van der Waals surface area contributed by atoms with Crippen molar-refractivity contribution in [2.24, 2.45) is 175 Å². The molecular formula is C102H153F9O21. The quantitative estimate of drug-likeness (QED) is 0.0199. The molecule has 0 aromatic carbocycles. The highest BCUT2D eigenvalue weighted by Crippen LogP contribution is 2.64. The molecule has 24 bridgehead atoms. The number of halogens is 9. The van der Waals surface area contributed by atoms with Gasteiger partial charge in [0.15, 0.2) is 57.0 Å². The molecule has 21 nitrogen and oxygen atoms in total. The largest absolute Gasteiger partial charge is 0.438 e. The van der Waals surface area contributed by atoms with E-state index in [1.54, 1.807) is 0 Å². The molecule has 0 heterocycles. The summed E-state index contributed by atoms with van der Waals surface area (Å²) in [5.74, 6) is 8.23. The number of ether oxygens (including phenoxy) is 12. The topological polar surface area (TPSA) is 264 Å². The van der Waals surface area contributed by atoms with Gasteiger partial charge in [-0.3, -0.25) is 43.2 Å². The summed E-state index contributed by atoms with van der Waals surface area (Å²) in [5, 5.41) is 0. The Kier molecular flexibility index (Phi) is 33.6. The van der Waals surface area contributed by atoms with Crippen LogP contribution in [0.4, 0.5) is 39.5 Å². The lowest BCUT2D eigenvalue weighted by atomic mass is 9.50. The smallest absolute Gasteiger partial charge is 0.404 e. The number of Topliss-reactive ketones (excluding diaryl/α,β-unsaturated/α-hetero) is 3. The summed E-state index contributed by atoms with van der Waals surface area (Å²) in [6, 6.07) is 0. The molecule has 20 unspecified atom stereocenters. The number of ketones is 3. The van der Waals surface area contributed by atoms with Gasteiger partial charge in [0.2, 0.25) is 0 Å². The Morgan fingerprint density at radius 1 is 0.303 bits per heavy atom. The molecule has 0 aromatic heterocycles. The number of esters is 6. The monoisotopic (exact) mass is 1890 g/mol. The minimum Gasteiger partial charge on any atom is -0.438 e. The second kappa shape index (κ2) is 42.6. The van der Waals surface area contributed by atoms with E-state index in [1.165, 1.54) is 97.8 Å². The Labute approximate surface area is 775 Å². The van der Waals surface area contributed by atoms with Crippen molar-refractivity contribution in [3.63, 3.8) is 0 Å². The van der Waals surface area contributed by atoms with Crippen LogP contribution in [0.25, 0.3) is 0 Å². The fourth-order valence-electron chi connectivity index (χ4n) is 28.8. The Bertz CT molecular complexity index is 3880. The molecule has 30 heteroatoms. The predicted octanol–water partition coefficient (Wildman–Crippen LogP) is 21.8. The highest BCUT2D eigenvalue weighted by atomic mass is 19.4. The van der Waals surface area contributed by atoms with Gasteiger partial charge >= 0.3 is 54.3 Å². The van der Waals surface area contributed by atoms with Crippen LogP contribution in [-0.4, -0.2) is 150 Å². The minimum absolute atomic E-state index is 0.00343. The SMILES string of the molecule is CCC(C)(C(=O)OCOC1C2CC3CC(C2)C(=O)C1C3)C(F)(F)F.CCC(C)(C(=O)OCOC1C2CC3CC(C2)CC1C3)C(F)(F)F.CCC(C)(C(=O)OCOCC12CC3CC(CC(C3)C1)C2)C(F)(F)F.CCC(C)(C)C(=O)OCOC1C2CC3CC(C2)C(=O)C1C3.CCC(C)C(=O)OCOC1C2CC3CC(C2)C(=O)C1C3.CCC(C)C(=O)OCOCC12CC3CC(CC(C3)C1)C2. The molecule has 24 saturated carbocycles. The Balaban J connectivity index is 0.000000135. The average Bonchev–Trinajstić information content (AvgIpc) is 0.755. The number of hydrogen-bond donors (Lipinski definition) is 0. The van der Waals surface area contributed by atoms with E-state index in [0.717, 1.165) is 215 Å². The zero-order valence-corrected chi connectivity index (χ0v) is 80.5. The molecule has 24 aliphatic carbocycles. The van der Waals surface area contributed by atoms with Crippen LogP contribution in [0.1, 0.15) is 315 Å². The van der Waals surface area contributed by atoms with Gasteiger partial charge in [0.1, 0.15) is 17.3 Å². The summed E-state index contributed by atoms with van der Waals surface area (Å²) < 4.78 is 182. The van der Waals surface area contributed by atoms with Gasteiger partial charge in [-0.25, -0.2) is 0 Å². The van der Waals surface area contributed by atoms with Gasteiger partial charge in [-0.05, 0) is 365 Å². The number of alkyl halides is 9. The van der Waals surface area contributed by atoms with E-state index < -0.39 is 71.3 Å². The van der Waals surface area contributed by atoms with Crippen LogP contribution < -0.4 is 0 Å². The van der Waals surface area contributed by atoms with Crippen LogP contribution in [-0.2, 0) is 100.0 Å². The van der Waals surface area contributed by atoms with Crippen LogP contribution in [0, 0.1) is 175 Å². The normalized spacial score (nSPS) is 38.4. The van der Waals surface area contributed by atoms with E-state index in [1.807, 2.05) is 48.5 Å². The lowest BCUT2D eigenvalue weighted by Gasteiger charge is -2.56. The van der Waals surface area contributed by atoms with Crippen LogP contribution in [0.5, 0.6) is 0 Å². The predicted molar refractivity (Wildman–Crippen MR) is 464 cm³/mol. The second-order valence-electron chi connectivity index (χ2n) is 46.1. The molecule has 0 saturated heterocycles. The molecule has 0 radical (unpaired) electrons. The molecule has 0 N–H and O–H groups in total. The number of carbonyl (C=O) groups excluding carboxylic acids is 9. The number of hydrogen-bond acceptors (Lipinski definition) is 21. The average molecular weight is 1890 g/mol. The molecular weight excluding hydrogens is 1730 g/mol.